The molecule has 0 radical (unpaired) electrons. The summed E-state index contributed by atoms with van der Waals surface area (Å²) in [7, 11) is 0. The number of nitrogens with zero attached hydrogens (tertiary/aromatic N) is 3. The van der Waals surface area contributed by atoms with Crippen LogP contribution in [0.5, 0.6) is 0 Å². The molecule has 5 heteroatoms. The Bertz CT molecular complexity index is 1130. The normalized spacial score (nSPS) is 16.5. The molecule has 3 aromatic carbocycles. The molecule has 1 aromatic heterocycles. The minimum Gasteiger partial charge on any atom is -0.377 e. The van der Waals surface area contributed by atoms with Gasteiger partial charge >= 0.3 is 0 Å². The molecule has 1 unspecified atom stereocenters. The smallest absolute Gasteiger partial charge is 0.224 e. The van der Waals surface area contributed by atoms with Crippen molar-refractivity contribution in [3.8, 4) is 0 Å². The van der Waals surface area contributed by atoms with Gasteiger partial charge < -0.3 is 15.0 Å². The summed E-state index contributed by atoms with van der Waals surface area (Å²) >= 11 is 0. The minimum absolute atomic E-state index is 0.153. The van der Waals surface area contributed by atoms with Crippen molar-refractivity contribution in [1.29, 1.82) is 0 Å². The lowest BCUT2D eigenvalue weighted by Crippen LogP contribution is -2.40. The molecule has 1 fully saturated rings. The maximum absolute atomic E-state index is 5.76. The van der Waals surface area contributed by atoms with Crippen LogP contribution < -0.4 is 10.2 Å². The molecule has 0 aliphatic carbocycles. The van der Waals surface area contributed by atoms with E-state index in [4.69, 9.17) is 9.72 Å². The van der Waals surface area contributed by atoms with Crippen LogP contribution in [0, 0.1) is 0 Å². The van der Waals surface area contributed by atoms with Gasteiger partial charge in [0.05, 0.1) is 19.3 Å². The highest BCUT2D eigenvalue weighted by Crippen LogP contribution is 2.29. The van der Waals surface area contributed by atoms with Gasteiger partial charge in [-0.2, -0.15) is 4.98 Å². The number of hydrogen-bond donors (Lipinski definition) is 1. The molecule has 0 bridgehead atoms. The Hall–Kier alpha value is -3.44. The maximum atomic E-state index is 5.76. The van der Waals surface area contributed by atoms with E-state index >= 15 is 0 Å². The number of nitrogens with one attached hydrogen (secondary N) is 1. The fourth-order valence-electron chi connectivity index (χ4n) is 4.04. The van der Waals surface area contributed by atoms with E-state index in [0.717, 1.165) is 12.4 Å². The predicted octanol–water partition coefficient (Wildman–Crippen LogP) is 4.82. The second-order valence-corrected chi connectivity index (χ2v) is 7.43. The number of hydrogen-bond acceptors (Lipinski definition) is 5. The third-order valence-electron chi connectivity index (χ3n) is 5.56. The van der Waals surface area contributed by atoms with Gasteiger partial charge in [0, 0.05) is 19.3 Å². The largest absolute Gasteiger partial charge is 0.377 e. The van der Waals surface area contributed by atoms with Gasteiger partial charge in [0.1, 0.15) is 5.82 Å². The van der Waals surface area contributed by atoms with Crippen molar-refractivity contribution in [3.05, 3.63) is 96.2 Å². The summed E-state index contributed by atoms with van der Waals surface area (Å²) in [6, 6.07) is 27.4. The maximum Gasteiger partial charge on any atom is 0.224 e. The molecule has 0 spiro atoms. The first-order valence-corrected chi connectivity index (χ1v) is 10.3. The predicted molar refractivity (Wildman–Crippen MR) is 121 cm³/mol. The molecule has 4 aromatic rings. The molecule has 5 rings (SSSR count). The fraction of sp³-hybridized carbons (Fsp3) is 0.200. The molecule has 1 atom stereocenters. The lowest BCUT2D eigenvalue weighted by Gasteiger charge is -2.36. The molecular weight excluding hydrogens is 372 g/mol. The van der Waals surface area contributed by atoms with E-state index in [2.05, 4.69) is 81.9 Å². The van der Waals surface area contributed by atoms with Crippen LogP contribution in [-0.2, 0) is 11.3 Å². The number of aromatic nitrogens is 2. The van der Waals surface area contributed by atoms with Crippen molar-refractivity contribution < 1.29 is 4.74 Å². The molecule has 150 valence electrons. The summed E-state index contributed by atoms with van der Waals surface area (Å²) in [5.74, 6) is 1.56. The van der Waals surface area contributed by atoms with Gasteiger partial charge in [-0.05, 0) is 28.0 Å². The van der Waals surface area contributed by atoms with E-state index < -0.39 is 0 Å². The van der Waals surface area contributed by atoms with Crippen LogP contribution in [0.25, 0.3) is 10.8 Å². The molecule has 5 nitrogen and oxygen atoms in total. The van der Waals surface area contributed by atoms with E-state index in [9.17, 15) is 0 Å². The zero-order chi connectivity index (χ0) is 20.2. The molecule has 1 aliphatic rings. The van der Waals surface area contributed by atoms with Gasteiger partial charge in [-0.1, -0.05) is 72.8 Å². The zero-order valence-electron chi connectivity index (χ0n) is 16.7. The van der Waals surface area contributed by atoms with Crippen LogP contribution in [0.15, 0.2) is 85.1 Å². The van der Waals surface area contributed by atoms with Crippen LogP contribution in [-0.4, -0.2) is 29.7 Å². The molecule has 1 N–H and O–H groups in total. The van der Waals surface area contributed by atoms with Crippen LogP contribution in [0.2, 0.25) is 0 Å². The summed E-state index contributed by atoms with van der Waals surface area (Å²) in [6.07, 6.45) is 1.82. The van der Waals surface area contributed by atoms with Crippen LogP contribution in [0.3, 0.4) is 0 Å². The first-order chi connectivity index (χ1) is 14.9. The summed E-state index contributed by atoms with van der Waals surface area (Å²) < 4.78 is 5.76. The number of benzene rings is 3. The van der Waals surface area contributed by atoms with Crippen LogP contribution in [0.1, 0.15) is 17.2 Å². The Morgan fingerprint density at radius 3 is 2.70 bits per heavy atom. The second kappa shape index (κ2) is 8.51. The van der Waals surface area contributed by atoms with Crippen molar-refractivity contribution in [1.82, 2.24) is 9.97 Å². The number of fused-ring (bicyclic) bond motifs is 1. The van der Waals surface area contributed by atoms with Crippen molar-refractivity contribution in [2.75, 3.05) is 30.0 Å². The van der Waals surface area contributed by atoms with Crippen molar-refractivity contribution in [2.45, 2.75) is 12.6 Å². The van der Waals surface area contributed by atoms with Gasteiger partial charge in [-0.15, -0.1) is 0 Å². The summed E-state index contributed by atoms with van der Waals surface area (Å²) in [5.41, 5.74) is 2.47. The summed E-state index contributed by atoms with van der Waals surface area (Å²) in [5, 5.41) is 5.90. The highest BCUT2D eigenvalue weighted by atomic mass is 16.5. The molecule has 1 saturated heterocycles. The molecule has 2 heterocycles. The van der Waals surface area contributed by atoms with Gasteiger partial charge in [-0.3, -0.25) is 0 Å². The van der Waals surface area contributed by atoms with E-state index in [0.29, 0.717) is 25.7 Å². The Morgan fingerprint density at radius 2 is 1.77 bits per heavy atom. The zero-order valence-corrected chi connectivity index (χ0v) is 16.7. The molecule has 1 aliphatic heterocycles. The van der Waals surface area contributed by atoms with Gasteiger partial charge in [0.2, 0.25) is 5.95 Å². The summed E-state index contributed by atoms with van der Waals surface area (Å²) in [6.45, 7) is 2.84. The highest BCUT2D eigenvalue weighted by molar-refractivity contribution is 5.85. The van der Waals surface area contributed by atoms with Gasteiger partial charge in [0.15, 0.2) is 0 Å². The Kier molecular flexibility index (Phi) is 5.27. The Balaban J connectivity index is 1.37. The Labute approximate surface area is 176 Å². The number of anilines is 2. The molecule has 0 saturated carbocycles. The van der Waals surface area contributed by atoms with E-state index in [-0.39, 0.29) is 6.04 Å². The van der Waals surface area contributed by atoms with Gasteiger partial charge in [-0.25, -0.2) is 4.98 Å². The minimum atomic E-state index is 0.153. The number of rotatable bonds is 5. The first-order valence-electron chi connectivity index (χ1n) is 10.3. The SMILES string of the molecule is c1ccc(C2COCCN2c2ccnc(NCc3cccc4ccccc34)n2)cc1. The van der Waals surface area contributed by atoms with Crippen molar-refractivity contribution in [3.63, 3.8) is 0 Å². The monoisotopic (exact) mass is 396 g/mol. The van der Waals surface area contributed by atoms with Gasteiger partial charge in [0.25, 0.3) is 0 Å². The van der Waals surface area contributed by atoms with E-state index in [1.165, 1.54) is 21.9 Å². The lowest BCUT2D eigenvalue weighted by atomic mass is 10.0. The molecule has 30 heavy (non-hydrogen) atoms. The topological polar surface area (TPSA) is 50.3 Å². The lowest BCUT2D eigenvalue weighted by molar-refractivity contribution is 0.0937. The third kappa shape index (κ3) is 3.84. The first kappa shape index (κ1) is 18.6. The fourth-order valence-corrected chi connectivity index (χ4v) is 4.04. The number of morpholine rings is 1. The standard InChI is InChI=1S/C25H24N4O/c1-2-8-20(9-3-1)23-18-30-16-15-29(23)24-13-14-26-25(28-24)27-17-21-11-6-10-19-7-4-5-12-22(19)21/h1-14,23H,15-18H2,(H,26,27,28). The van der Waals surface area contributed by atoms with E-state index in [1.807, 2.05) is 18.3 Å². The average Bonchev–Trinajstić information content (AvgIpc) is 2.83. The average molecular weight is 396 g/mol. The van der Waals surface area contributed by atoms with Crippen molar-refractivity contribution >= 4 is 22.5 Å². The Morgan fingerprint density at radius 1 is 0.933 bits per heavy atom. The third-order valence-corrected chi connectivity index (χ3v) is 5.56. The summed E-state index contributed by atoms with van der Waals surface area (Å²) in [4.78, 5) is 11.6. The van der Waals surface area contributed by atoms with Crippen LogP contribution in [0.4, 0.5) is 11.8 Å². The van der Waals surface area contributed by atoms with E-state index in [1.54, 1.807) is 0 Å². The second-order valence-electron chi connectivity index (χ2n) is 7.43. The highest BCUT2D eigenvalue weighted by Gasteiger charge is 2.25. The van der Waals surface area contributed by atoms with Crippen LogP contribution >= 0.6 is 0 Å². The molecule has 0 amide bonds. The van der Waals surface area contributed by atoms with Crippen molar-refractivity contribution in [2.24, 2.45) is 0 Å². The number of ether oxygens (including phenoxy) is 1. The molecular formula is C25H24N4O. The quantitative estimate of drug-likeness (QED) is 0.524.